The van der Waals surface area contributed by atoms with Crippen LogP contribution in [0, 0.1) is 0 Å². The number of rotatable bonds is 4. The SMILES string of the molecule is CC(C)c1ccc([C@@]2(C)NC(=O)N(CC(=O)N3CCCCC3)C2=O)cc1. The number of hydrogen-bond donors (Lipinski definition) is 1. The summed E-state index contributed by atoms with van der Waals surface area (Å²) in [6.07, 6.45) is 3.08. The number of carbonyl (C=O) groups excluding carboxylic acids is 3. The van der Waals surface area contributed by atoms with Crippen LogP contribution < -0.4 is 5.32 Å². The molecule has 0 spiro atoms. The third-order valence-electron chi connectivity index (χ3n) is 5.43. The monoisotopic (exact) mass is 357 g/mol. The summed E-state index contributed by atoms with van der Waals surface area (Å²) in [5.41, 5.74) is 0.772. The van der Waals surface area contributed by atoms with Gasteiger partial charge in [-0.15, -0.1) is 0 Å². The van der Waals surface area contributed by atoms with E-state index in [0.29, 0.717) is 19.0 Å². The van der Waals surface area contributed by atoms with Crippen LogP contribution in [-0.2, 0) is 15.1 Å². The smallest absolute Gasteiger partial charge is 0.325 e. The zero-order valence-corrected chi connectivity index (χ0v) is 15.7. The molecule has 1 N–H and O–H groups in total. The van der Waals surface area contributed by atoms with Gasteiger partial charge in [-0.05, 0) is 43.2 Å². The summed E-state index contributed by atoms with van der Waals surface area (Å²) in [7, 11) is 0. The van der Waals surface area contributed by atoms with Gasteiger partial charge < -0.3 is 10.2 Å². The van der Waals surface area contributed by atoms with Gasteiger partial charge in [-0.3, -0.25) is 14.5 Å². The molecule has 2 heterocycles. The van der Waals surface area contributed by atoms with Crippen molar-refractivity contribution in [2.75, 3.05) is 19.6 Å². The second kappa shape index (κ2) is 7.09. The van der Waals surface area contributed by atoms with Gasteiger partial charge in [0.05, 0.1) is 0 Å². The molecule has 2 aliphatic rings. The first-order chi connectivity index (χ1) is 12.3. The standard InChI is InChI=1S/C20H27N3O3/c1-14(2)15-7-9-16(10-8-15)20(3)18(25)23(19(26)21-20)13-17(24)22-11-5-4-6-12-22/h7-10,14H,4-6,11-13H2,1-3H3,(H,21,26)/t20-/m1/s1. The highest BCUT2D eigenvalue weighted by Crippen LogP contribution is 2.30. The van der Waals surface area contributed by atoms with Gasteiger partial charge in [0, 0.05) is 13.1 Å². The number of likely N-dealkylation sites (tertiary alicyclic amines) is 1. The van der Waals surface area contributed by atoms with E-state index in [1.807, 2.05) is 24.3 Å². The topological polar surface area (TPSA) is 69.7 Å². The Balaban J connectivity index is 1.75. The lowest BCUT2D eigenvalue weighted by Crippen LogP contribution is -2.45. The van der Waals surface area contributed by atoms with Gasteiger partial charge in [0.2, 0.25) is 5.91 Å². The minimum Gasteiger partial charge on any atom is -0.341 e. The van der Waals surface area contributed by atoms with Crippen molar-refractivity contribution in [3.63, 3.8) is 0 Å². The van der Waals surface area contributed by atoms with Gasteiger partial charge in [-0.25, -0.2) is 4.79 Å². The zero-order chi connectivity index (χ0) is 18.9. The summed E-state index contributed by atoms with van der Waals surface area (Å²) in [6, 6.07) is 7.21. The van der Waals surface area contributed by atoms with Crippen molar-refractivity contribution in [2.45, 2.75) is 51.5 Å². The van der Waals surface area contributed by atoms with Crippen LogP contribution >= 0.6 is 0 Å². The number of piperidine rings is 1. The van der Waals surface area contributed by atoms with E-state index in [-0.39, 0.29) is 18.4 Å². The Labute approximate surface area is 154 Å². The molecule has 26 heavy (non-hydrogen) atoms. The summed E-state index contributed by atoms with van der Waals surface area (Å²) >= 11 is 0. The second-order valence-electron chi connectivity index (χ2n) is 7.66. The second-order valence-corrected chi connectivity index (χ2v) is 7.66. The quantitative estimate of drug-likeness (QED) is 0.842. The molecule has 6 heteroatoms. The predicted octanol–water partition coefficient (Wildman–Crippen LogP) is 2.59. The number of urea groups is 1. The van der Waals surface area contributed by atoms with Crippen LogP contribution in [0.25, 0.3) is 0 Å². The highest BCUT2D eigenvalue weighted by Gasteiger charge is 2.49. The molecule has 6 nitrogen and oxygen atoms in total. The first-order valence-electron chi connectivity index (χ1n) is 9.35. The molecule has 0 unspecified atom stereocenters. The third kappa shape index (κ3) is 3.32. The molecule has 0 radical (unpaired) electrons. The van der Waals surface area contributed by atoms with Crippen LogP contribution in [0.1, 0.15) is 57.1 Å². The molecule has 2 saturated heterocycles. The molecule has 3 rings (SSSR count). The molecule has 0 aromatic heterocycles. The van der Waals surface area contributed by atoms with Crippen LogP contribution in [0.15, 0.2) is 24.3 Å². The highest BCUT2D eigenvalue weighted by molar-refractivity contribution is 6.09. The number of imide groups is 1. The molecule has 0 bridgehead atoms. The van der Waals surface area contributed by atoms with Crippen molar-refractivity contribution in [3.8, 4) is 0 Å². The van der Waals surface area contributed by atoms with Crippen molar-refractivity contribution in [1.29, 1.82) is 0 Å². The number of nitrogens with zero attached hydrogens (tertiary/aromatic N) is 2. The first-order valence-corrected chi connectivity index (χ1v) is 9.35. The molecule has 2 aliphatic heterocycles. The summed E-state index contributed by atoms with van der Waals surface area (Å²) in [5, 5.41) is 2.77. The molecule has 4 amide bonds. The van der Waals surface area contributed by atoms with E-state index in [9.17, 15) is 14.4 Å². The molecule has 0 saturated carbocycles. The molecule has 140 valence electrons. The van der Waals surface area contributed by atoms with E-state index in [4.69, 9.17) is 0 Å². The van der Waals surface area contributed by atoms with Gasteiger partial charge in [0.25, 0.3) is 5.91 Å². The van der Waals surface area contributed by atoms with E-state index < -0.39 is 11.6 Å². The largest absolute Gasteiger partial charge is 0.341 e. The molecule has 1 atom stereocenters. The van der Waals surface area contributed by atoms with Crippen molar-refractivity contribution in [3.05, 3.63) is 35.4 Å². The van der Waals surface area contributed by atoms with Gasteiger partial charge >= 0.3 is 6.03 Å². The summed E-state index contributed by atoms with van der Waals surface area (Å²) in [5.74, 6) is -0.137. The van der Waals surface area contributed by atoms with Crippen LogP contribution in [0.4, 0.5) is 4.79 Å². The van der Waals surface area contributed by atoms with Gasteiger partial charge in [-0.1, -0.05) is 38.1 Å². The Morgan fingerprint density at radius 1 is 1.12 bits per heavy atom. The Morgan fingerprint density at radius 3 is 2.31 bits per heavy atom. The van der Waals surface area contributed by atoms with Crippen LogP contribution in [-0.4, -0.2) is 47.3 Å². The summed E-state index contributed by atoms with van der Waals surface area (Å²) in [6.45, 7) is 7.13. The predicted molar refractivity (Wildman–Crippen MR) is 98.6 cm³/mol. The van der Waals surface area contributed by atoms with Crippen molar-refractivity contribution in [1.82, 2.24) is 15.1 Å². The van der Waals surface area contributed by atoms with E-state index in [2.05, 4.69) is 19.2 Å². The summed E-state index contributed by atoms with van der Waals surface area (Å²) < 4.78 is 0. The lowest BCUT2D eigenvalue weighted by molar-refractivity contribution is -0.139. The first kappa shape index (κ1) is 18.4. The third-order valence-corrected chi connectivity index (χ3v) is 5.43. The fourth-order valence-corrected chi connectivity index (χ4v) is 3.62. The molecular formula is C20H27N3O3. The number of hydrogen-bond acceptors (Lipinski definition) is 3. The lowest BCUT2D eigenvalue weighted by Gasteiger charge is -2.28. The highest BCUT2D eigenvalue weighted by atomic mass is 16.2. The normalized spacial score (nSPS) is 23.5. The molecule has 2 fully saturated rings. The fourth-order valence-electron chi connectivity index (χ4n) is 3.62. The van der Waals surface area contributed by atoms with Gasteiger partial charge in [0.1, 0.15) is 12.1 Å². The number of benzene rings is 1. The van der Waals surface area contributed by atoms with Crippen molar-refractivity contribution >= 4 is 17.8 Å². The number of amides is 4. The molecule has 1 aromatic carbocycles. The Morgan fingerprint density at radius 2 is 1.73 bits per heavy atom. The minimum absolute atomic E-state index is 0.160. The van der Waals surface area contributed by atoms with E-state index >= 15 is 0 Å². The van der Waals surface area contributed by atoms with Gasteiger partial charge in [-0.2, -0.15) is 0 Å². The Kier molecular flexibility index (Phi) is 5.03. The fraction of sp³-hybridized carbons (Fsp3) is 0.550. The maximum absolute atomic E-state index is 12.9. The Hall–Kier alpha value is -2.37. The number of carbonyl (C=O) groups is 3. The lowest BCUT2D eigenvalue weighted by atomic mass is 9.90. The molecule has 0 aliphatic carbocycles. The Bertz CT molecular complexity index is 708. The number of nitrogens with one attached hydrogen (secondary N) is 1. The van der Waals surface area contributed by atoms with Crippen LogP contribution in [0.5, 0.6) is 0 Å². The zero-order valence-electron chi connectivity index (χ0n) is 15.7. The van der Waals surface area contributed by atoms with E-state index in [1.165, 1.54) is 5.56 Å². The summed E-state index contributed by atoms with van der Waals surface area (Å²) in [4.78, 5) is 40.6. The van der Waals surface area contributed by atoms with E-state index in [1.54, 1.807) is 11.8 Å². The molecule has 1 aromatic rings. The molecular weight excluding hydrogens is 330 g/mol. The van der Waals surface area contributed by atoms with Gasteiger partial charge in [0.15, 0.2) is 0 Å². The van der Waals surface area contributed by atoms with Crippen LogP contribution in [0.2, 0.25) is 0 Å². The minimum atomic E-state index is -1.13. The average molecular weight is 357 g/mol. The van der Waals surface area contributed by atoms with Crippen molar-refractivity contribution in [2.24, 2.45) is 0 Å². The maximum Gasteiger partial charge on any atom is 0.325 e. The van der Waals surface area contributed by atoms with Crippen molar-refractivity contribution < 1.29 is 14.4 Å². The van der Waals surface area contributed by atoms with Crippen LogP contribution in [0.3, 0.4) is 0 Å². The maximum atomic E-state index is 12.9. The average Bonchev–Trinajstić information content (AvgIpc) is 2.86. The van der Waals surface area contributed by atoms with E-state index in [0.717, 1.165) is 29.7 Å².